The van der Waals surface area contributed by atoms with E-state index in [1.54, 1.807) is 14.1 Å². The minimum absolute atomic E-state index is 0.0688. The average Bonchev–Trinajstić information content (AvgIpc) is 2.30. The van der Waals surface area contributed by atoms with Gasteiger partial charge in [-0.05, 0) is 0 Å². The van der Waals surface area contributed by atoms with E-state index in [-0.39, 0.29) is 32.2 Å². The third-order valence-electron chi connectivity index (χ3n) is 1.97. The van der Waals surface area contributed by atoms with Gasteiger partial charge < -0.3 is 19.5 Å². The zero-order valence-corrected chi connectivity index (χ0v) is 10.5. The first-order valence-corrected chi connectivity index (χ1v) is 5.24. The van der Waals surface area contributed by atoms with Crippen molar-refractivity contribution in [2.45, 2.75) is 0 Å². The van der Waals surface area contributed by atoms with Crippen molar-refractivity contribution in [3.05, 3.63) is 0 Å². The Kier molecular flexibility index (Phi) is 8.08. The highest BCUT2D eigenvalue weighted by Gasteiger charge is 2.18. The quantitative estimate of drug-likeness (QED) is 0.635. The summed E-state index contributed by atoms with van der Waals surface area (Å²) in [4.78, 5) is 25.6. The van der Waals surface area contributed by atoms with Gasteiger partial charge in [-0.2, -0.15) is 0 Å². The molecule has 0 aliphatic carbocycles. The van der Waals surface area contributed by atoms with Crippen molar-refractivity contribution in [2.24, 2.45) is 0 Å². The predicted octanol–water partition coefficient (Wildman–Crippen LogP) is -0.848. The third-order valence-corrected chi connectivity index (χ3v) is 1.97. The minimum Gasteiger partial charge on any atom is -0.447 e. The zero-order chi connectivity index (χ0) is 13.3. The van der Waals surface area contributed by atoms with E-state index in [2.05, 4.69) is 0 Å². The van der Waals surface area contributed by atoms with Gasteiger partial charge in [0, 0.05) is 27.7 Å². The summed E-state index contributed by atoms with van der Waals surface area (Å²) in [7, 11) is 4.72. The number of likely N-dealkylation sites (N-methyl/N-ethyl adjacent to an activating group) is 1. The molecule has 2 amide bonds. The second-order valence-corrected chi connectivity index (χ2v) is 3.54. The number of hydrogen-bond acceptors (Lipinski definition) is 5. The molecule has 0 radical (unpaired) electrons. The fourth-order valence-corrected chi connectivity index (χ4v) is 0.965. The van der Waals surface area contributed by atoms with E-state index in [1.807, 2.05) is 0 Å². The lowest BCUT2D eigenvalue weighted by molar-refractivity contribution is -0.129. The number of nitrogens with zero attached hydrogens (tertiary/aromatic N) is 2. The highest BCUT2D eigenvalue weighted by Crippen LogP contribution is 1.96. The molecule has 0 atom stereocenters. The predicted molar refractivity (Wildman–Crippen MR) is 60.6 cm³/mol. The molecule has 0 aromatic carbocycles. The van der Waals surface area contributed by atoms with Crippen molar-refractivity contribution in [2.75, 3.05) is 54.1 Å². The van der Waals surface area contributed by atoms with Crippen molar-refractivity contribution in [3.63, 3.8) is 0 Å². The van der Waals surface area contributed by atoms with Crippen molar-refractivity contribution >= 4 is 12.0 Å². The van der Waals surface area contributed by atoms with E-state index in [9.17, 15) is 9.59 Å². The summed E-state index contributed by atoms with van der Waals surface area (Å²) in [6.45, 7) is 0.180. The van der Waals surface area contributed by atoms with Crippen LogP contribution in [0.15, 0.2) is 0 Å². The van der Waals surface area contributed by atoms with Gasteiger partial charge in [-0.3, -0.25) is 9.69 Å². The third kappa shape index (κ3) is 6.75. The van der Waals surface area contributed by atoms with E-state index in [4.69, 9.17) is 14.6 Å². The molecule has 0 heterocycles. The first kappa shape index (κ1) is 15.7. The topological polar surface area (TPSA) is 79.3 Å². The maximum Gasteiger partial charge on any atom is 0.410 e. The van der Waals surface area contributed by atoms with Crippen LogP contribution in [-0.2, 0) is 14.3 Å². The number of rotatable bonds is 7. The molecule has 0 spiro atoms. The lowest BCUT2D eigenvalue weighted by atomic mass is 10.4. The van der Waals surface area contributed by atoms with Gasteiger partial charge >= 0.3 is 6.09 Å². The summed E-state index contributed by atoms with van der Waals surface area (Å²) in [6, 6.07) is 0. The summed E-state index contributed by atoms with van der Waals surface area (Å²) in [5.74, 6) is -0.206. The van der Waals surface area contributed by atoms with Crippen molar-refractivity contribution in [3.8, 4) is 0 Å². The number of ether oxygens (including phenoxy) is 2. The smallest absolute Gasteiger partial charge is 0.410 e. The highest BCUT2D eigenvalue weighted by atomic mass is 16.6. The molecule has 0 bridgehead atoms. The van der Waals surface area contributed by atoms with Crippen LogP contribution in [0.4, 0.5) is 4.79 Å². The van der Waals surface area contributed by atoms with Gasteiger partial charge in [-0.25, -0.2) is 4.79 Å². The summed E-state index contributed by atoms with van der Waals surface area (Å²) in [5, 5.41) is 8.55. The normalized spacial score (nSPS) is 9.88. The number of hydrogen-bond donors (Lipinski definition) is 1. The van der Waals surface area contributed by atoms with Crippen molar-refractivity contribution < 1.29 is 24.2 Å². The highest BCUT2D eigenvalue weighted by molar-refractivity contribution is 5.81. The Bertz CT molecular complexity index is 245. The van der Waals surface area contributed by atoms with Crippen LogP contribution in [0.3, 0.4) is 0 Å². The summed E-state index contributed by atoms with van der Waals surface area (Å²) < 4.78 is 9.59. The van der Waals surface area contributed by atoms with E-state index in [0.29, 0.717) is 6.61 Å². The van der Waals surface area contributed by atoms with Crippen LogP contribution in [-0.4, -0.2) is 81.0 Å². The molecule has 100 valence electrons. The van der Waals surface area contributed by atoms with Gasteiger partial charge in [0.2, 0.25) is 5.91 Å². The molecule has 0 saturated heterocycles. The molecule has 17 heavy (non-hydrogen) atoms. The van der Waals surface area contributed by atoms with E-state index in [0.717, 1.165) is 0 Å². The van der Waals surface area contributed by atoms with Gasteiger partial charge in [0.1, 0.15) is 13.2 Å². The Labute approximate surface area is 101 Å². The van der Waals surface area contributed by atoms with Crippen molar-refractivity contribution in [1.82, 2.24) is 9.80 Å². The molecule has 1 N–H and O–H groups in total. The van der Waals surface area contributed by atoms with E-state index >= 15 is 0 Å². The van der Waals surface area contributed by atoms with Gasteiger partial charge in [-0.1, -0.05) is 0 Å². The molecule has 0 rings (SSSR count). The molecule has 0 aliphatic heterocycles. The number of amides is 2. The van der Waals surface area contributed by atoms with Gasteiger partial charge in [0.25, 0.3) is 0 Å². The molecule has 0 saturated carbocycles. The average molecular weight is 248 g/mol. The molecule has 0 aliphatic rings. The lowest BCUT2D eigenvalue weighted by Crippen LogP contribution is -2.42. The Morgan fingerprint density at radius 1 is 1.24 bits per heavy atom. The molecule has 0 aromatic rings. The maximum absolute atomic E-state index is 11.5. The number of aliphatic hydroxyl groups excluding tert-OH is 1. The van der Waals surface area contributed by atoms with Gasteiger partial charge in [0.15, 0.2) is 0 Å². The van der Waals surface area contributed by atoms with E-state index in [1.165, 1.54) is 16.9 Å². The van der Waals surface area contributed by atoms with Crippen LogP contribution >= 0.6 is 0 Å². The fraction of sp³-hybridized carbons (Fsp3) is 0.800. The van der Waals surface area contributed by atoms with E-state index < -0.39 is 6.09 Å². The lowest BCUT2D eigenvalue weighted by Gasteiger charge is -2.22. The van der Waals surface area contributed by atoms with Crippen LogP contribution in [0, 0.1) is 0 Å². The second kappa shape index (κ2) is 8.77. The maximum atomic E-state index is 11.5. The molecular weight excluding hydrogens is 228 g/mol. The summed E-state index contributed by atoms with van der Waals surface area (Å²) in [6.07, 6.45) is -0.633. The molecular formula is C10H20N2O5. The number of carbonyl (C=O) groups excluding carboxylic acids is 2. The minimum atomic E-state index is -0.633. The molecule has 0 aromatic heterocycles. The van der Waals surface area contributed by atoms with Crippen molar-refractivity contribution in [1.29, 1.82) is 0 Å². The first-order chi connectivity index (χ1) is 8.02. The standard InChI is InChI=1S/C10H20N2O5/c1-11(2)9(14)8-12(4-6-16-3)10(15)17-7-5-13/h13H,4-8H2,1-3H3. The Hall–Kier alpha value is -1.34. The molecule has 0 unspecified atom stereocenters. The molecule has 0 fully saturated rings. The molecule has 7 heteroatoms. The first-order valence-electron chi connectivity index (χ1n) is 5.24. The Morgan fingerprint density at radius 2 is 1.88 bits per heavy atom. The van der Waals surface area contributed by atoms with Crippen LogP contribution in [0.2, 0.25) is 0 Å². The van der Waals surface area contributed by atoms with Crippen LogP contribution in [0.1, 0.15) is 0 Å². The number of methoxy groups -OCH3 is 1. The number of carbonyl (C=O) groups is 2. The Morgan fingerprint density at radius 3 is 2.35 bits per heavy atom. The van der Waals surface area contributed by atoms with Crippen LogP contribution in [0.25, 0.3) is 0 Å². The SMILES string of the molecule is COCCN(CC(=O)N(C)C)C(=O)OCCO. The van der Waals surface area contributed by atoms with Crippen LogP contribution < -0.4 is 0 Å². The number of aliphatic hydroxyl groups is 1. The Balaban J connectivity index is 4.30. The monoisotopic (exact) mass is 248 g/mol. The molecule has 7 nitrogen and oxygen atoms in total. The van der Waals surface area contributed by atoms with Crippen LogP contribution in [0.5, 0.6) is 0 Å². The van der Waals surface area contributed by atoms with Gasteiger partial charge in [0.05, 0.1) is 13.2 Å². The largest absolute Gasteiger partial charge is 0.447 e. The second-order valence-electron chi connectivity index (χ2n) is 3.54. The summed E-state index contributed by atoms with van der Waals surface area (Å²) >= 11 is 0. The fourth-order valence-electron chi connectivity index (χ4n) is 0.965. The summed E-state index contributed by atoms with van der Waals surface area (Å²) in [5.41, 5.74) is 0. The zero-order valence-electron chi connectivity index (χ0n) is 10.5. The van der Waals surface area contributed by atoms with Gasteiger partial charge in [-0.15, -0.1) is 0 Å².